The number of rotatable bonds is 59. The van der Waals surface area contributed by atoms with E-state index < -0.39 is 156 Å². The molecule has 18 atom stereocenters. The summed E-state index contributed by atoms with van der Waals surface area (Å²) < 4.78 is 65.0. The van der Waals surface area contributed by atoms with E-state index in [1.165, 1.54) is 148 Å². The topological polar surface area (TPSA) is 374 Å². The van der Waals surface area contributed by atoms with E-state index in [-0.39, 0.29) is 19.3 Å². The molecule has 0 bridgehead atoms. The minimum atomic E-state index is -5.69. The third-order valence-corrected chi connectivity index (χ3v) is 19.9. The van der Waals surface area contributed by atoms with Gasteiger partial charge in [-0.15, -0.1) is 0 Å². The molecule has 0 amide bonds. The molecule has 3 fully saturated rings. The van der Waals surface area contributed by atoms with Crippen molar-refractivity contribution in [2.24, 2.45) is 0 Å². The Morgan fingerprint density at radius 1 is 0.365 bits per heavy atom. The predicted molar refractivity (Wildman–Crippen MR) is 361 cm³/mol. The molecule has 24 nitrogen and oxygen atoms in total. The fraction of sp³-hybridized carbons (Fsp3) is 0.958. The number of carbonyl (C=O) groups excluding carboxylic acids is 3. The van der Waals surface area contributed by atoms with Crippen molar-refractivity contribution in [1.29, 1.82) is 0 Å². The highest BCUT2D eigenvalue weighted by molar-refractivity contribution is 7.47. The van der Waals surface area contributed by atoms with Crippen LogP contribution in [0.1, 0.15) is 303 Å². The summed E-state index contributed by atoms with van der Waals surface area (Å²) in [6.07, 6.45) is 10.3. The molecular formula is C71H133O24P. The SMILES string of the molecule is CCCCCCCCCCCCCCCCCCCC(=O)OCC1OC(OC2C(O)C(O)C(O)C(OC3OC(CO)C(O)C(O)C3O)C2OP(=O)(O)OCC(COC(=O)CCCCCCCCCCCCCC)OC(=O)CCCCCCCCCCCCCC)C(O)C(O)C1O. The molecule has 566 valence electrons. The maximum absolute atomic E-state index is 14.3. The lowest BCUT2D eigenvalue weighted by atomic mass is 9.84. The van der Waals surface area contributed by atoms with Gasteiger partial charge in [0.2, 0.25) is 0 Å². The number of phosphoric ester groups is 1. The van der Waals surface area contributed by atoms with Gasteiger partial charge in [0.1, 0.15) is 98.7 Å². The van der Waals surface area contributed by atoms with E-state index in [1.807, 2.05) is 0 Å². The largest absolute Gasteiger partial charge is 0.472 e. The number of aliphatic hydroxyl groups is 10. The molecule has 1 aliphatic carbocycles. The number of esters is 3. The lowest BCUT2D eigenvalue weighted by Crippen LogP contribution is -2.69. The van der Waals surface area contributed by atoms with Crippen LogP contribution in [0, 0.1) is 0 Å². The van der Waals surface area contributed by atoms with Crippen molar-refractivity contribution >= 4 is 25.7 Å². The Hall–Kier alpha value is -2.04. The number of ether oxygens (including phenoxy) is 7. The third-order valence-electron chi connectivity index (χ3n) is 18.9. The monoisotopic (exact) mass is 1400 g/mol. The van der Waals surface area contributed by atoms with Gasteiger partial charge in [-0.1, -0.05) is 265 Å². The predicted octanol–water partition coefficient (Wildman–Crippen LogP) is 10.2. The number of hydrogen-bond acceptors (Lipinski definition) is 23. The lowest BCUT2D eigenvalue weighted by molar-refractivity contribution is -0.360. The van der Waals surface area contributed by atoms with E-state index in [4.69, 9.17) is 42.2 Å². The van der Waals surface area contributed by atoms with Gasteiger partial charge < -0.3 is 89.1 Å². The average Bonchev–Trinajstić information content (AvgIpc) is 0.763. The molecule has 25 heteroatoms. The van der Waals surface area contributed by atoms with Crippen LogP contribution in [0.15, 0.2) is 0 Å². The Morgan fingerprint density at radius 3 is 1.02 bits per heavy atom. The molecular weight excluding hydrogens is 1270 g/mol. The Balaban J connectivity index is 1.71. The van der Waals surface area contributed by atoms with Crippen LogP contribution in [0.4, 0.5) is 0 Å². The van der Waals surface area contributed by atoms with Crippen molar-refractivity contribution in [3.63, 3.8) is 0 Å². The number of unbranched alkanes of at least 4 members (excludes halogenated alkanes) is 38. The second-order valence-electron chi connectivity index (χ2n) is 27.4. The molecule has 96 heavy (non-hydrogen) atoms. The van der Waals surface area contributed by atoms with Crippen LogP contribution in [0.25, 0.3) is 0 Å². The van der Waals surface area contributed by atoms with Crippen LogP contribution in [-0.2, 0) is 61.2 Å². The number of hydrogen-bond donors (Lipinski definition) is 11. The quantitative estimate of drug-likeness (QED) is 0.0117. The normalized spacial score (nSPS) is 27.9. The van der Waals surface area contributed by atoms with Crippen molar-refractivity contribution in [2.45, 2.75) is 407 Å². The van der Waals surface area contributed by atoms with Crippen molar-refractivity contribution < 1.29 is 117 Å². The summed E-state index contributed by atoms with van der Waals surface area (Å²) >= 11 is 0. The molecule has 0 spiro atoms. The minimum Gasteiger partial charge on any atom is -0.463 e. The molecule has 2 saturated heterocycles. The first-order chi connectivity index (χ1) is 46.3. The third kappa shape index (κ3) is 36.7. The van der Waals surface area contributed by atoms with Gasteiger partial charge in [0.25, 0.3) is 0 Å². The summed E-state index contributed by atoms with van der Waals surface area (Å²) in [6, 6.07) is 0. The minimum absolute atomic E-state index is 0.0338. The molecule has 2 aliphatic heterocycles. The maximum Gasteiger partial charge on any atom is 0.472 e. The standard InChI is InChI=1S/C71H133O24P/c1-4-7-10-13-16-19-22-25-26-27-28-29-32-34-37-40-43-46-56(74)88-51-54-59(77)61(79)66(84)71(92-54)94-68-64(82)62(80)63(81)67(93-70-65(83)60(78)58(76)53(48-72)91-70)69(68)95-96(85,86)89-50-52(90-57(75)47-44-41-38-35-31-24-21-18-15-12-9-6-3)49-87-55(73)45-42-39-36-33-30-23-20-17-14-11-8-5-2/h52-54,58-72,76-84H,4-51H2,1-3H3,(H,85,86). The molecule has 11 N–H and O–H groups in total. The first-order valence-electron chi connectivity index (χ1n) is 37.8. The molecule has 1 saturated carbocycles. The van der Waals surface area contributed by atoms with Gasteiger partial charge in [0.05, 0.1) is 13.2 Å². The molecule has 0 aromatic carbocycles. The fourth-order valence-corrected chi connectivity index (χ4v) is 13.7. The molecule has 0 aromatic rings. The van der Waals surface area contributed by atoms with Crippen LogP contribution in [0.5, 0.6) is 0 Å². The average molecular weight is 1400 g/mol. The van der Waals surface area contributed by atoms with Crippen LogP contribution in [0.2, 0.25) is 0 Å². The van der Waals surface area contributed by atoms with E-state index in [2.05, 4.69) is 20.8 Å². The summed E-state index contributed by atoms with van der Waals surface area (Å²) in [6.45, 7) is 3.46. The highest BCUT2D eigenvalue weighted by Gasteiger charge is 2.58. The summed E-state index contributed by atoms with van der Waals surface area (Å²) in [7, 11) is -5.69. The van der Waals surface area contributed by atoms with Crippen LogP contribution >= 0.6 is 7.82 Å². The fourth-order valence-electron chi connectivity index (χ4n) is 12.7. The van der Waals surface area contributed by atoms with Crippen molar-refractivity contribution in [1.82, 2.24) is 0 Å². The summed E-state index contributed by atoms with van der Waals surface area (Å²) in [5.74, 6) is -1.97. The molecule has 3 rings (SSSR count). The lowest BCUT2D eigenvalue weighted by Gasteiger charge is -2.49. The van der Waals surface area contributed by atoms with Gasteiger partial charge in [-0.25, -0.2) is 4.57 Å². The van der Waals surface area contributed by atoms with Gasteiger partial charge in [-0.3, -0.25) is 23.4 Å². The Bertz CT molecular complexity index is 1990. The first kappa shape index (κ1) is 88.2. The van der Waals surface area contributed by atoms with E-state index in [9.17, 15) is 74.9 Å². The van der Waals surface area contributed by atoms with Crippen LogP contribution in [0.3, 0.4) is 0 Å². The number of carbonyl (C=O) groups is 3. The summed E-state index contributed by atoms with van der Waals surface area (Å²) in [4.78, 5) is 50.9. The smallest absolute Gasteiger partial charge is 0.463 e. The van der Waals surface area contributed by atoms with Gasteiger partial charge in [0, 0.05) is 19.3 Å². The molecule has 0 radical (unpaired) electrons. The highest BCUT2D eigenvalue weighted by Crippen LogP contribution is 2.49. The summed E-state index contributed by atoms with van der Waals surface area (Å²) in [5, 5.41) is 110. The van der Waals surface area contributed by atoms with Gasteiger partial charge in [0.15, 0.2) is 18.7 Å². The maximum atomic E-state index is 14.3. The Morgan fingerprint density at radius 2 is 0.667 bits per heavy atom. The van der Waals surface area contributed by atoms with E-state index in [0.717, 1.165) is 96.3 Å². The second kappa shape index (κ2) is 53.7. The Kier molecular flexibility index (Phi) is 49.4. The van der Waals surface area contributed by atoms with Crippen molar-refractivity contribution in [3.05, 3.63) is 0 Å². The van der Waals surface area contributed by atoms with Gasteiger partial charge in [-0.05, 0) is 19.3 Å². The number of aliphatic hydroxyl groups excluding tert-OH is 10. The van der Waals surface area contributed by atoms with Gasteiger partial charge in [-0.2, -0.15) is 0 Å². The molecule has 2 heterocycles. The zero-order chi connectivity index (χ0) is 70.4. The van der Waals surface area contributed by atoms with Crippen molar-refractivity contribution in [3.8, 4) is 0 Å². The van der Waals surface area contributed by atoms with E-state index in [0.29, 0.717) is 19.3 Å². The van der Waals surface area contributed by atoms with Crippen LogP contribution in [-0.4, -0.2) is 204 Å². The number of phosphoric acid groups is 1. The highest BCUT2D eigenvalue weighted by atomic mass is 31.2. The second-order valence-corrected chi connectivity index (χ2v) is 28.8. The summed E-state index contributed by atoms with van der Waals surface area (Å²) in [5.41, 5.74) is 0. The zero-order valence-corrected chi connectivity index (χ0v) is 59.8. The van der Waals surface area contributed by atoms with Crippen LogP contribution < -0.4 is 0 Å². The first-order valence-corrected chi connectivity index (χ1v) is 39.3. The zero-order valence-electron chi connectivity index (χ0n) is 58.9. The van der Waals surface area contributed by atoms with Crippen molar-refractivity contribution in [2.75, 3.05) is 26.4 Å². The molecule has 18 unspecified atom stereocenters. The molecule has 3 aliphatic rings. The van der Waals surface area contributed by atoms with Gasteiger partial charge >= 0.3 is 25.7 Å². The Labute approximate surface area is 574 Å². The molecule has 0 aromatic heterocycles. The van der Waals surface area contributed by atoms with E-state index >= 15 is 0 Å². The van der Waals surface area contributed by atoms with E-state index in [1.54, 1.807) is 0 Å².